The minimum Gasteiger partial charge on any atom is -0.462 e. The van der Waals surface area contributed by atoms with E-state index < -0.39 is 0 Å². The molecule has 2 nitrogen and oxygen atoms in total. The van der Waals surface area contributed by atoms with Crippen LogP contribution in [0.3, 0.4) is 0 Å². The van der Waals surface area contributed by atoms with Crippen LogP contribution in [-0.4, -0.2) is 12.6 Å². The van der Waals surface area contributed by atoms with Crippen LogP contribution in [-0.2, 0) is 4.74 Å². The zero-order valence-corrected chi connectivity index (χ0v) is 16.1. The smallest absolute Gasteiger partial charge is 0.338 e. The largest absolute Gasteiger partial charge is 0.462 e. The van der Waals surface area contributed by atoms with Gasteiger partial charge in [0.15, 0.2) is 0 Å². The maximum Gasteiger partial charge on any atom is 0.338 e. The summed E-state index contributed by atoms with van der Waals surface area (Å²) in [4.78, 5) is 11.6. The Balaban J connectivity index is 2.62. The summed E-state index contributed by atoms with van der Waals surface area (Å²) < 4.78 is 4.99. The lowest BCUT2D eigenvalue weighted by atomic mass is 10.1. The third-order valence-electron chi connectivity index (χ3n) is 3.65. The Hall–Kier alpha value is -2.35. The lowest BCUT2D eigenvalue weighted by Gasteiger charge is -2.02. The fourth-order valence-corrected chi connectivity index (χ4v) is 2.28. The Morgan fingerprint density at radius 2 is 1.76 bits per heavy atom. The Morgan fingerprint density at radius 3 is 2.36 bits per heavy atom. The van der Waals surface area contributed by atoms with E-state index in [0.29, 0.717) is 12.2 Å². The van der Waals surface area contributed by atoms with Gasteiger partial charge in [-0.2, -0.15) is 0 Å². The zero-order chi connectivity index (χ0) is 18.7. The standard InChI is InChI=1S/C23H30O2/c1-6-25-23(24)22-15-13-21(14-16-22)17-20(5)12-8-11-19(4)10-7-9-18(2)3/h8-9,11-17H,6-7,10H2,1-5H3. The molecular formula is C23H30O2. The first kappa shape index (κ1) is 20.7. The summed E-state index contributed by atoms with van der Waals surface area (Å²) in [6.07, 6.45) is 12.9. The van der Waals surface area contributed by atoms with Gasteiger partial charge in [0.2, 0.25) is 0 Å². The molecule has 0 saturated heterocycles. The van der Waals surface area contributed by atoms with Crippen molar-refractivity contribution in [2.24, 2.45) is 0 Å². The summed E-state index contributed by atoms with van der Waals surface area (Å²) in [6.45, 7) is 10.7. The molecule has 0 atom stereocenters. The molecule has 1 aromatic carbocycles. The molecule has 0 N–H and O–H groups in total. The SMILES string of the molecule is CCOC(=O)c1ccc(C=C(C)C=CC=C(C)CCC=C(C)C)cc1. The van der Waals surface area contributed by atoms with Crippen molar-refractivity contribution in [1.29, 1.82) is 0 Å². The average Bonchev–Trinajstić information content (AvgIpc) is 2.55. The molecule has 1 aromatic rings. The molecule has 0 unspecified atom stereocenters. The number of hydrogen-bond donors (Lipinski definition) is 0. The van der Waals surface area contributed by atoms with E-state index in [1.54, 1.807) is 12.1 Å². The van der Waals surface area contributed by atoms with Gasteiger partial charge in [0, 0.05) is 0 Å². The van der Waals surface area contributed by atoms with Crippen molar-refractivity contribution in [3.05, 3.63) is 76.4 Å². The van der Waals surface area contributed by atoms with Crippen LogP contribution in [0.1, 0.15) is 63.4 Å². The molecule has 2 heteroatoms. The molecule has 0 heterocycles. The Labute approximate surface area is 152 Å². The van der Waals surface area contributed by atoms with Gasteiger partial charge < -0.3 is 4.74 Å². The quantitative estimate of drug-likeness (QED) is 0.306. The highest BCUT2D eigenvalue weighted by atomic mass is 16.5. The monoisotopic (exact) mass is 338 g/mol. The van der Waals surface area contributed by atoms with Gasteiger partial charge in [-0.15, -0.1) is 0 Å². The van der Waals surface area contributed by atoms with Gasteiger partial charge in [-0.05, 0) is 65.2 Å². The van der Waals surface area contributed by atoms with Crippen LogP contribution in [0.2, 0.25) is 0 Å². The van der Waals surface area contributed by atoms with Gasteiger partial charge in [0.05, 0.1) is 12.2 Å². The first-order chi connectivity index (χ1) is 11.9. The second-order valence-corrected chi connectivity index (χ2v) is 6.42. The average molecular weight is 338 g/mol. The van der Waals surface area contributed by atoms with Crippen molar-refractivity contribution >= 4 is 12.0 Å². The highest BCUT2D eigenvalue weighted by Gasteiger charge is 2.04. The minimum atomic E-state index is -0.275. The topological polar surface area (TPSA) is 26.3 Å². The van der Waals surface area contributed by atoms with Gasteiger partial charge in [-0.1, -0.05) is 59.2 Å². The fraction of sp³-hybridized carbons (Fsp3) is 0.348. The lowest BCUT2D eigenvalue weighted by Crippen LogP contribution is -2.03. The Kier molecular flexibility index (Phi) is 9.31. The number of carbonyl (C=O) groups is 1. The van der Waals surface area contributed by atoms with Gasteiger partial charge in [0.1, 0.15) is 0 Å². The molecule has 0 aliphatic rings. The second kappa shape index (κ2) is 11.2. The van der Waals surface area contributed by atoms with Crippen LogP contribution in [0.15, 0.2) is 65.3 Å². The number of hydrogen-bond acceptors (Lipinski definition) is 2. The van der Waals surface area contributed by atoms with Crippen LogP contribution in [0, 0.1) is 0 Å². The minimum absolute atomic E-state index is 0.275. The summed E-state index contributed by atoms with van der Waals surface area (Å²) in [5.74, 6) is -0.275. The summed E-state index contributed by atoms with van der Waals surface area (Å²) >= 11 is 0. The van der Waals surface area contributed by atoms with Crippen molar-refractivity contribution in [1.82, 2.24) is 0 Å². The van der Waals surface area contributed by atoms with E-state index in [-0.39, 0.29) is 5.97 Å². The van der Waals surface area contributed by atoms with Crippen molar-refractivity contribution in [3.63, 3.8) is 0 Å². The van der Waals surface area contributed by atoms with Crippen molar-refractivity contribution in [3.8, 4) is 0 Å². The van der Waals surface area contributed by atoms with E-state index in [1.807, 2.05) is 19.1 Å². The maximum atomic E-state index is 11.6. The van der Waals surface area contributed by atoms with Gasteiger partial charge in [-0.25, -0.2) is 4.79 Å². The molecule has 0 fully saturated rings. The van der Waals surface area contributed by atoms with Crippen LogP contribution < -0.4 is 0 Å². The van der Waals surface area contributed by atoms with E-state index in [1.165, 1.54) is 11.1 Å². The molecule has 134 valence electrons. The third kappa shape index (κ3) is 8.90. The predicted octanol–water partition coefficient (Wildman–Crippen LogP) is 6.52. The van der Waals surface area contributed by atoms with Crippen LogP contribution >= 0.6 is 0 Å². The van der Waals surface area contributed by atoms with Crippen LogP contribution in [0.25, 0.3) is 6.08 Å². The van der Waals surface area contributed by atoms with E-state index in [2.05, 4.69) is 58.1 Å². The normalized spacial score (nSPS) is 12.4. The van der Waals surface area contributed by atoms with E-state index >= 15 is 0 Å². The van der Waals surface area contributed by atoms with Gasteiger partial charge in [0.25, 0.3) is 0 Å². The molecule has 0 radical (unpaired) electrons. The molecule has 0 saturated carbocycles. The summed E-state index contributed by atoms with van der Waals surface area (Å²) in [7, 11) is 0. The van der Waals surface area contributed by atoms with Gasteiger partial charge >= 0.3 is 5.97 Å². The Bertz CT molecular complexity index is 667. The first-order valence-electron chi connectivity index (χ1n) is 8.85. The summed E-state index contributed by atoms with van der Waals surface area (Å²) in [5.41, 5.74) is 5.57. The number of ether oxygens (including phenoxy) is 1. The van der Waals surface area contributed by atoms with Crippen LogP contribution in [0.4, 0.5) is 0 Å². The molecule has 0 aliphatic carbocycles. The van der Waals surface area contributed by atoms with E-state index in [0.717, 1.165) is 24.0 Å². The number of esters is 1. The van der Waals surface area contributed by atoms with Crippen molar-refractivity contribution in [2.45, 2.75) is 47.5 Å². The molecule has 0 aliphatic heterocycles. The highest BCUT2D eigenvalue weighted by molar-refractivity contribution is 5.89. The molecule has 0 bridgehead atoms. The Morgan fingerprint density at radius 1 is 1.08 bits per heavy atom. The van der Waals surface area contributed by atoms with Crippen molar-refractivity contribution < 1.29 is 9.53 Å². The van der Waals surface area contributed by atoms with Crippen molar-refractivity contribution in [2.75, 3.05) is 6.61 Å². The predicted molar refractivity (Wildman–Crippen MR) is 108 cm³/mol. The molecule has 0 spiro atoms. The molecule has 0 amide bonds. The first-order valence-corrected chi connectivity index (χ1v) is 8.85. The highest BCUT2D eigenvalue weighted by Crippen LogP contribution is 2.12. The van der Waals surface area contributed by atoms with Gasteiger partial charge in [-0.3, -0.25) is 0 Å². The number of carbonyl (C=O) groups excluding carboxylic acids is 1. The van der Waals surface area contributed by atoms with Crippen LogP contribution in [0.5, 0.6) is 0 Å². The molecule has 0 aromatic heterocycles. The molecular weight excluding hydrogens is 308 g/mol. The lowest BCUT2D eigenvalue weighted by molar-refractivity contribution is 0.0526. The van der Waals surface area contributed by atoms with E-state index in [9.17, 15) is 4.79 Å². The fourth-order valence-electron chi connectivity index (χ4n) is 2.28. The maximum absolute atomic E-state index is 11.6. The third-order valence-corrected chi connectivity index (χ3v) is 3.65. The zero-order valence-electron chi connectivity index (χ0n) is 16.1. The van der Waals surface area contributed by atoms with E-state index in [4.69, 9.17) is 4.74 Å². The molecule has 25 heavy (non-hydrogen) atoms. The molecule has 1 rings (SSSR count). The summed E-state index contributed by atoms with van der Waals surface area (Å²) in [5, 5.41) is 0. The summed E-state index contributed by atoms with van der Waals surface area (Å²) in [6, 6.07) is 7.47. The number of benzene rings is 1. The number of rotatable bonds is 8. The number of allylic oxidation sites excluding steroid dienone is 7. The second-order valence-electron chi connectivity index (χ2n) is 6.42.